The second kappa shape index (κ2) is 8.19. The van der Waals surface area contributed by atoms with Crippen molar-refractivity contribution in [2.24, 2.45) is 0 Å². The summed E-state index contributed by atoms with van der Waals surface area (Å²) in [4.78, 5) is 26.9. The predicted octanol–water partition coefficient (Wildman–Crippen LogP) is 4.86. The van der Waals surface area contributed by atoms with E-state index >= 15 is 0 Å². The number of carbonyl (C=O) groups excluding carboxylic acids is 2. The molecule has 1 aromatic rings. The Morgan fingerprint density at radius 2 is 1.48 bits per heavy atom. The molecule has 0 aliphatic heterocycles. The molecular formula is C21H34N2O4. The number of esters is 1. The average Bonchev–Trinajstić information content (AvgIpc) is 2.45. The smallest absolute Gasteiger partial charge is 0.415 e. The van der Waals surface area contributed by atoms with Crippen molar-refractivity contribution < 1.29 is 19.1 Å². The lowest BCUT2D eigenvalue weighted by atomic mass is 9.99. The largest absolute Gasteiger partial charge is 0.458 e. The van der Waals surface area contributed by atoms with Crippen LogP contribution in [0.1, 0.15) is 73.8 Å². The normalized spacial score (nSPS) is 13.3. The molecule has 0 spiro atoms. The van der Waals surface area contributed by atoms with Gasteiger partial charge in [-0.15, -0.1) is 0 Å². The first-order valence-electron chi connectivity index (χ1n) is 9.27. The van der Waals surface area contributed by atoms with Crippen LogP contribution in [0.3, 0.4) is 0 Å². The molecule has 27 heavy (non-hydrogen) atoms. The summed E-state index contributed by atoms with van der Waals surface area (Å²) in [5.74, 6) is -0.357. The van der Waals surface area contributed by atoms with Crippen LogP contribution in [0, 0.1) is 0 Å². The fraction of sp³-hybridized carbons (Fsp3) is 0.619. The van der Waals surface area contributed by atoms with Crippen molar-refractivity contribution in [2.75, 3.05) is 10.6 Å². The van der Waals surface area contributed by atoms with Crippen molar-refractivity contribution in [3.8, 4) is 0 Å². The van der Waals surface area contributed by atoms with E-state index in [1.165, 1.54) is 4.90 Å². The van der Waals surface area contributed by atoms with Gasteiger partial charge >= 0.3 is 12.1 Å². The van der Waals surface area contributed by atoms with E-state index in [0.29, 0.717) is 11.4 Å². The molecular weight excluding hydrogens is 344 g/mol. The number of rotatable bonds is 4. The van der Waals surface area contributed by atoms with Gasteiger partial charge in [-0.2, -0.15) is 0 Å². The lowest BCUT2D eigenvalue weighted by Crippen LogP contribution is -2.48. The molecule has 0 saturated heterocycles. The van der Waals surface area contributed by atoms with Gasteiger partial charge in [-0.1, -0.05) is 26.0 Å². The summed E-state index contributed by atoms with van der Waals surface area (Å²) < 4.78 is 11.0. The Bertz CT molecular complexity index is 684. The molecule has 0 aliphatic carbocycles. The molecule has 152 valence electrons. The summed E-state index contributed by atoms with van der Waals surface area (Å²) in [5, 5.41) is 0. The molecule has 0 radical (unpaired) electrons. The minimum absolute atomic E-state index is 0.169. The van der Waals surface area contributed by atoms with Crippen molar-refractivity contribution >= 4 is 23.4 Å². The van der Waals surface area contributed by atoms with Crippen LogP contribution in [0.15, 0.2) is 18.2 Å². The fourth-order valence-corrected chi connectivity index (χ4v) is 2.55. The van der Waals surface area contributed by atoms with Gasteiger partial charge in [-0.25, -0.2) is 9.59 Å². The molecule has 0 heterocycles. The number of hydrogen-bond donors (Lipinski definition) is 1. The van der Waals surface area contributed by atoms with E-state index in [2.05, 4.69) is 0 Å². The monoisotopic (exact) mass is 378 g/mol. The van der Waals surface area contributed by atoms with E-state index < -0.39 is 29.3 Å². The lowest BCUT2D eigenvalue weighted by Gasteiger charge is -2.33. The number of nitrogens with zero attached hydrogens (tertiary/aromatic N) is 1. The summed E-state index contributed by atoms with van der Waals surface area (Å²) in [5.41, 5.74) is 6.76. The standard InChI is InChI=1S/C21H34N2O4/c1-13(2)15-11-10-12-16(17(15)22)23(19(25)27-21(7,8)9)14(3)18(24)26-20(4,5)6/h10-14H,22H2,1-9H3. The highest BCUT2D eigenvalue weighted by Gasteiger charge is 2.35. The van der Waals surface area contributed by atoms with Crippen LogP contribution in [0.2, 0.25) is 0 Å². The lowest BCUT2D eigenvalue weighted by molar-refractivity contribution is -0.156. The highest BCUT2D eigenvalue weighted by atomic mass is 16.6. The molecule has 0 bridgehead atoms. The topological polar surface area (TPSA) is 81.9 Å². The van der Waals surface area contributed by atoms with Crippen LogP contribution in [-0.2, 0) is 14.3 Å². The third-order valence-electron chi connectivity index (χ3n) is 3.72. The Labute approximate surface area is 163 Å². The molecule has 0 aliphatic rings. The number of carbonyl (C=O) groups is 2. The number of nitrogens with two attached hydrogens (primary N) is 1. The van der Waals surface area contributed by atoms with Gasteiger partial charge in [-0.3, -0.25) is 4.90 Å². The summed E-state index contributed by atoms with van der Waals surface area (Å²) in [6, 6.07) is 4.55. The van der Waals surface area contributed by atoms with Crippen LogP contribution in [-0.4, -0.2) is 29.3 Å². The van der Waals surface area contributed by atoms with Crippen molar-refractivity contribution in [1.82, 2.24) is 0 Å². The zero-order chi connectivity index (χ0) is 21.2. The third kappa shape index (κ3) is 6.45. The van der Waals surface area contributed by atoms with E-state index in [1.54, 1.807) is 54.5 Å². The first-order chi connectivity index (χ1) is 12.1. The Morgan fingerprint density at radius 1 is 0.963 bits per heavy atom. The Hall–Kier alpha value is -2.24. The Kier molecular flexibility index (Phi) is 6.92. The van der Waals surface area contributed by atoms with Gasteiger partial charge in [0.2, 0.25) is 0 Å². The number of ether oxygens (including phenoxy) is 2. The molecule has 6 heteroatoms. The maximum absolute atomic E-state index is 12.9. The summed E-state index contributed by atoms with van der Waals surface area (Å²) in [6.07, 6.45) is -0.645. The zero-order valence-corrected chi connectivity index (χ0v) is 18.0. The molecule has 1 rings (SSSR count). The van der Waals surface area contributed by atoms with Crippen molar-refractivity contribution in [3.05, 3.63) is 23.8 Å². The van der Waals surface area contributed by atoms with Gasteiger partial charge in [0.15, 0.2) is 0 Å². The van der Waals surface area contributed by atoms with Crippen LogP contribution in [0.25, 0.3) is 0 Å². The second-order valence-corrected chi connectivity index (χ2v) is 8.99. The molecule has 6 nitrogen and oxygen atoms in total. The number of nitrogen functional groups attached to an aromatic ring is 1. The van der Waals surface area contributed by atoms with Crippen molar-refractivity contribution in [3.63, 3.8) is 0 Å². The highest BCUT2D eigenvalue weighted by molar-refractivity contribution is 5.98. The molecule has 1 aromatic carbocycles. The predicted molar refractivity (Wildman–Crippen MR) is 109 cm³/mol. The van der Waals surface area contributed by atoms with E-state index in [-0.39, 0.29) is 5.92 Å². The number of anilines is 2. The number of benzene rings is 1. The van der Waals surface area contributed by atoms with Gasteiger partial charge < -0.3 is 15.2 Å². The molecule has 0 aromatic heterocycles. The van der Waals surface area contributed by atoms with Crippen molar-refractivity contribution in [1.29, 1.82) is 0 Å². The SMILES string of the molecule is CC(C)c1cccc(N(C(=O)OC(C)(C)C)C(C)C(=O)OC(C)(C)C)c1N. The Balaban J connectivity index is 3.41. The highest BCUT2D eigenvalue weighted by Crippen LogP contribution is 2.33. The van der Waals surface area contributed by atoms with E-state index in [4.69, 9.17) is 15.2 Å². The first-order valence-corrected chi connectivity index (χ1v) is 9.27. The van der Waals surface area contributed by atoms with Gasteiger partial charge in [0.05, 0.1) is 11.4 Å². The summed E-state index contributed by atoms with van der Waals surface area (Å²) >= 11 is 0. The van der Waals surface area contributed by atoms with Gasteiger partial charge in [0.25, 0.3) is 0 Å². The number of hydrogen-bond acceptors (Lipinski definition) is 5. The maximum Gasteiger partial charge on any atom is 0.415 e. The second-order valence-electron chi connectivity index (χ2n) is 8.99. The molecule has 0 saturated carbocycles. The van der Waals surface area contributed by atoms with Crippen LogP contribution >= 0.6 is 0 Å². The van der Waals surface area contributed by atoms with E-state index in [1.807, 2.05) is 26.0 Å². The van der Waals surface area contributed by atoms with Crippen LogP contribution in [0.4, 0.5) is 16.2 Å². The van der Waals surface area contributed by atoms with E-state index in [0.717, 1.165) is 5.56 Å². The summed E-state index contributed by atoms with van der Waals surface area (Å²) in [7, 11) is 0. The fourth-order valence-electron chi connectivity index (χ4n) is 2.55. The maximum atomic E-state index is 12.9. The summed E-state index contributed by atoms with van der Waals surface area (Å²) in [6.45, 7) is 16.3. The zero-order valence-electron chi connectivity index (χ0n) is 18.0. The van der Waals surface area contributed by atoms with Gasteiger partial charge in [0.1, 0.15) is 17.2 Å². The van der Waals surface area contributed by atoms with Gasteiger partial charge in [-0.05, 0) is 66.0 Å². The van der Waals surface area contributed by atoms with Crippen LogP contribution < -0.4 is 10.6 Å². The minimum Gasteiger partial charge on any atom is -0.458 e. The first kappa shape index (κ1) is 22.8. The third-order valence-corrected chi connectivity index (χ3v) is 3.72. The van der Waals surface area contributed by atoms with Gasteiger partial charge in [0, 0.05) is 0 Å². The number of para-hydroxylation sites is 1. The Morgan fingerprint density at radius 3 is 1.93 bits per heavy atom. The molecule has 2 N–H and O–H groups in total. The average molecular weight is 379 g/mol. The van der Waals surface area contributed by atoms with E-state index in [9.17, 15) is 9.59 Å². The molecule has 1 unspecified atom stereocenters. The van der Waals surface area contributed by atoms with Crippen molar-refractivity contribution in [2.45, 2.75) is 85.5 Å². The molecule has 1 amide bonds. The molecule has 0 fully saturated rings. The minimum atomic E-state index is -0.899. The molecule has 1 atom stereocenters. The quantitative estimate of drug-likeness (QED) is 0.597. The number of amides is 1. The van der Waals surface area contributed by atoms with Crippen LogP contribution in [0.5, 0.6) is 0 Å².